The summed E-state index contributed by atoms with van der Waals surface area (Å²) in [6, 6.07) is 15.7. The van der Waals surface area contributed by atoms with Gasteiger partial charge in [0, 0.05) is 18.7 Å². The van der Waals surface area contributed by atoms with Gasteiger partial charge in [-0.2, -0.15) is 0 Å². The van der Waals surface area contributed by atoms with Gasteiger partial charge >= 0.3 is 0 Å². The predicted octanol–water partition coefficient (Wildman–Crippen LogP) is 3.92. The lowest BCUT2D eigenvalue weighted by Crippen LogP contribution is -2.14. The predicted molar refractivity (Wildman–Crippen MR) is 105 cm³/mol. The number of nitrogens with one attached hydrogen (secondary N) is 1. The van der Waals surface area contributed by atoms with Gasteiger partial charge in [0.15, 0.2) is 5.16 Å². The Morgan fingerprint density at radius 3 is 2.59 bits per heavy atom. The van der Waals surface area contributed by atoms with Gasteiger partial charge in [-0.25, -0.2) is 4.39 Å². The van der Waals surface area contributed by atoms with Crippen molar-refractivity contribution in [3.8, 4) is 0 Å². The van der Waals surface area contributed by atoms with E-state index in [-0.39, 0.29) is 17.5 Å². The fraction of sp³-hybridized carbons (Fsp3) is 0.150. The Balaban J connectivity index is 1.64. The zero-order valence-corrected chi connectivity index (χ0v) is 15.5. The van der Waals surface area contributed by atoms with Crippen LogP contribution in [0.3, 0.4) is 0 Å². The number of anilines is 1. The van der Waals surface area contributed by atoms with Crippen LogP contribution in [0.5, 0.6) is 0 Å². The van der Waals surface area contributed by atoms with E-state index < -0.39 is 0 Å². The zero-order valence-electron chi connectivity index (χ0n) is 14.6. The molecule has 1 aromatic heterocycles. The van der Waals surface area contributed by atoms with Crippen LogP contribution in [-0.4, -0.2) is 26.4 Å². The van der Waals surface area contributed by atoms with E-state index in [4.69, 9.17) is 0 Å². The van der Waals surface area contributed by atoms with Gasteiger partial charge in [-0.15, -0.1) is 16.8 Å². The van der Waals surface area contributed by atoms with E-state index in [1.807, 2.05) is 34.9 Å². The second kappa shape index (κ2) is 9.14. The van der Waals surface area contributed by atoms with Crippen molar-refractivity contribution >= 4 is 23.4 Å². The molecule has 0 atom stereocenters. The summed E-state index contributed by atoms with van der Waals surface area (Å²) in [5, 5.41) is 11.9. The van der Waals surface area contributed by atoms with Gasteiger partial charge in [0.05, 0.1) is 5.75 Å². The van der Waals surface area contributed by atoms with E-state index in [2.05, 4.69) is 22.1 Å². The van der Waals surface area contributed by atoms with Crippen molar-refractivity contribution in [3.63, 3.8) is 0 Å². The normalized spacial score (nSPS) is 10.6. The average Bonchev–Trinajstić information content (AvgIpc) is 3.05. The summed E-state index contributed by atoms with van der Waals surface area (Å²) in [4.78, 5) is 12.1. The topological polar surface area (TPSA) is 59.8 Å². The summed E-state index contributed by atoms with van der Waals surface area (Å²) in [5.41, 5.74) is 1.69. The molecular weight excluding hydrogens is 363 g/mol. The molecule has 0 radical (unpaired) electrons. The third kappa shape index (κ3) is 5.27. The van der Waals surface area contributed by atoms with Gasteiger partial charge in [-0.05, 0) is 29.8 Å². The van der Waals surface area contributed by atoms with Crippen molar-refractivity contribution in [3.05, 3.63) is 84.5 Å². The van der Waals surface area contributed by atoms with Crippen LogP contribution in [-0.2, 0) is 17.8 Å². The molecule has 0 aliphatic carbocycles. The number of aromatic nitrogens is 3. The number of rotatable bonds is 8. The first-order valence-corrected chi connectivity index (χ1v) is 9.39. The molecule has 0 saturated carbocycles. The number of nitrogens with zero attached hydrogens (tertiary/aromatic N) is 3. The Morgan fingerprint density at radius 2 is 1.89 bits per heavy atom. The minimum Gasteiger partial charge on any atom is -0.325 e. The Bertz CT molecular complexity index is 909. The summed E-state index contributed by atoms with van der Waals surface area (Å²) in [5.74, 6) is 0.468. The van der Waals surface area contributed by atoms with Crippen LogP contribution in [0.15, 0.2) is 72.4 Å². The van der Waals surface area contributed by atoms with Gasteiger partial charge in [0.25, 0.3) is 0 Å². The number of allylic oxidation sites excluding steroid dienone is 1. The second-order valence-electron chi connectivity index (χ2n) is 5.80. The van der Waals surface area contributed by atoms with Crippen LogP contribution in [0.4, 0.5) is 10.1 Å². The molecular formula is C20H19FN4OS. The third-order valence-electron chi connectivity index (χ3n) is 3.77. The number of amides is 1. The number of hydrogen-bond donors (Lipinski definition) is 1. The van der Waals surface area contributed by atoms with E-state index >= 15 is 0 Å². The summed E-state index contributed by atoms with van der Waals surface area (Å²) in [6.45, 7) is 4.35. The van der Waals surface area contributed by atoms with E-state index in [1.54, 1.807) is 6.08 Å². The minimum atomic E-state index is -0.342. The van der Waals surface area contributed by atoms with Crippen molar-refractivity contribution in [2.24, 2.45) is 0 Å². The highest BCUT2D eigenvalue weighted by molar-refractivity contribution is 7.99. The summed E-state index contributed by atoms with van der Waals surface area (Å²) in [7, 11) is 0. The smallest absolute Gasteiger partial charge is 0.234 e. The van der Waals surface area contributed by atoms with Crippen LogP contribution in [0, 0.1) is 5.82 Å². The Hall–Kier alpha value is -2.93. The molecule has 1 heterocycles. The molecule has 138 valence electrons. The number of halogens is 1. The van der Waals surface area contributed by atoms with Crippen LogP contribution in [0.2, 0.25) is 0 Å². The molecule has 0 unspecified atom stereocenters. The maximum absolute atomic E-state index is 12.9. The number of carbonyl (C=O) groups is 1. The third-order valence-corrected chi connectivity index (χ3v) is 4.74. The molecule has 7 heteroatoms. The maximum Gasteiger partial charge on any atom is 0.234 e. The monoisotopic (exact) mass is 382 g/mol. The molecule has 1 amide bonds. The van der Waals surface area contributed by atoms with Crippen molar-refractivity contribution in [1.29, 1.82) is 0 Å². The SMILES string of the molecule is C=CCn1c(Cc2ccccc2)nnc1SCC(=O)Nc1ccc(F)cc1. The zero-order chi connectivity index (χ0) is 19.1. The molecule has 5 nitrogen and oxygen atoms in total. The van der Waals surface area contributed by atoms with Crippen molar-refractivity contribution in [2.45, 2.75) is 18.1 Å². The largest absolute Gasteiger partial charge is 0.325 e. The van der Waals surface area contributed by atoms with E-state index in [9.17, 15) is 9.18 Å². The lowest BCUT2D eigenvalue weighted by atomic mass is 10.1. The number of thioether (sulfide) groups is 1. The van der Waals surface area contributed by atoms with Crippen molar-refractivity contribution in [2.75, 3.05) is 11.1 Å². The number of benzene rings is 2. The van der Waals surface area contributed by atoms with Crippen LogP contribution < -0.4 is 5.32 Å². The lowest BCUT2D eigenvalue weighted by molar-refractivity contribution is -0.113. The highest BCUT2D eigenvalue weighted by Crippen LogP contribution is 2.19. The van der Waals surface area contributed by atoms with Crippen molar-refractivity contribution < 1.29 is 9.18 Å². The first kappa shape index (κ1) is 18.8. The van der Waals surface area contributed by atoms with Crippen LogP contribution in [0.25, 0.3) is 0 Å². The average molecular weight is 382 g/mol. The van der Waals surface area contributed by atoms with Gasteiger partial charge in [0.2, 0.25) is 5.91 Å². The molecule has 2 aromatic carbocycles. The second-order valence-corrected chi connectivity index (χ2v) is 6.75. The minimum absolute atomic E-state index is 0.179. The quantitative estimate of drug-likeness (QED) is 0.474. The summed E-state index contributed by atoms with van der Waals surface area (Å²) >= 11 is 1.30. The Kier molecular flexibility index (Phi) is 6.38. The Labute approximate surface area is 161 Å². The molecule has 0 spiro atoms. The maximum atomic E-state index is 12.9. The number of carbonyl (C=O) groups excluding carboxylic acids is 1. The van der Waals surface area contributed by atoms with Crippen LogP contribution in [0.1, 0.15) is 11.4 Å². The highest BCUT2D eigenvalue weighted by Gasteiger charge is 2.14. The Morgan fingerprint density at radius 1 is 1.15 bits per heavy atom. The summed E-state index contributed by atoms with van der Waals surface area (Å²) < 4.78 is 14.9. The first-order valence-electron chi connectivity index (χ1n) is 8.41. The highest BCUT2D eigenvalue weighted by atomic mass is 32.2. The number of hydrogen-bond acceptors (Lipinski definition) is 4. The van der Waals surface area contributed by atoms with E-state index in [0.29, 0.717) is 23.8 Å². The van der Waals surface area contributed by atoms with E-state index in [0.717, 1.165) is 11.4 Å². The molecule has 3 aromatic rings. The molecule has 0 fully saturated rings. The van der Waals surface area contributed by atoms with Gasteiger partial charge in [0.1, 0.15) is 11.6 Å². The molecule has 0 aliphatic rings. The molecule has 27 heavy (non-hydrogen) atoms. The van der Waals surface area contributed by atoms with E-state index in [1.165, 1.54) is 36.0 Å². The standard InChI is InChI=1S/C20H19FN4OS/c1-2-12-25-18(13-15-6-4-3-5-7-15)23-24-20(25)27-14-19(26)22-17-10-8-16(21)9-11-17/h2-11H,1,12-14H2,(H,22,26). The fourth-order valence-electron chi connectivity index (χ4n) is 2.51. The molecule has 0 saturated heterocycles. The molecule has 3 rings (SSSR count). The van der Waals surface area contributed by atoms with Crippen molar-refractivity contribution in [1.82, 2.24) is 14.8 Å². The lowest BCUT2D eigenvalue weighted by Gasteiger charge is -2.08. The van der Waals surface area contributed by atoms with Crippen LogP contribution >= 0.6 is 11.8 Å². The molecule has 0 bridgehead atoms. The first-order chi connectivity index (χ1) is 13.2. The van der Waals surface area contributed by atoms with Gasteiger partial charge < -0.3 is 9.88 Å². The van der Waals surface area contributed by atoms with Gasteiger partial charge in [-0.1, -0.05) is 48.2 Å². The summed E-state index contributed by atoms with van der Waals surface area (Å²) in [6.07, 6.45) is 2.44. The van der Waals surface area contributed by atoms with Gasteiger partial charge in [-0.3, -0.25) is 4.79 Å². The fourth-order valence-corrected chi connectivity index (χ4v) is 3.27. The molecule has 1 N–H and O–H groups in total. The molecule has 0 aliphatic heterocycles.